The predicted octanol–water partition coefficient (Wildman–Crippen LogP) is -2.77. The number of carbonyl (C=O) groups is 1. The number of carbonyl (C=O) groups excluding carboxylic acids is 1. The molecular formula is C9H16N2O4. The Hall–Kier alpha value is -1.14. The minimum absolute atomic E-state index is 0.456. The summed E-state index contributed by atoms with van der Waals surface area (Å²) in [6.45, 7) is 4.24. The normalized spacial score (nSPS) is 41.3. The van der Waals surface area contributed by atoms with E-state index in [-0.39, 0.29) is 0 Å². The van der Waals surface area contributed by atoms with Gasteiger partial charge in [-0.2, -0.15) is 0 Å². The van der Waals surface area contributed by atoms with Gasteiger partial charge in [0.05, 0.1) is 13.0 Å². The van der Waals surface area contributed by atoms with Crippen LogP contribution in [0.3, 0.4) is 0 Å². The summed E-state index contributed by atoms with van der Waals surface area (Å²) in [6, 6.07) is 0. The number of hydrogen-bond acceptors (Lipinski definition) is 5. The predicted molar refractivity (Wildman–Crippen MR) is 50.0 cm³/mol. The SMILES string of the molecule is CC1=[N+](C)C(C)(O)C(O)C(C)(C(=O)[O-])N1. The Labute approximate surface area is 87.9 Å². The van der Waals surface area contributed by atoms with E-state index in [1.54, 1.807) is 14.0 Å². The molecule has 1 rings (SSSR count). The van der Waals surface area contributed by atoms with Gasteiger partial charge in [0.1, 0.15) is 0 Å². The molecule has 0 spiro atoms. The van der Waals surface area contributed by atoms with E-state index in [1.165, 1.54) is 18.4 Å². The molecule has 1 aliphatic heterocycles. The van der Waals surface area contributed by atoms with Crippen molar-refractivity contribution in [1.29, 1.82) is 0 Å². The van der Waals surface area contributed by atoms with E-state index in [2.05, 4.69) is 5.32 Å². The summed E-state index contributed by atoms with van der Waals surface area (Å²) in [6.07, 6.45) is -1.50. The standard InChI is InChI=1S/C9H16N2O4/c1-5-10-8(2,7(13)14)6(12)9(3,15)11(5)4/h6,12,15H,1-4H3,(H,13,14). The second kappa shape index (κ2) is 3.18. The van der Waals surface area contributed by atoms with Gasteiger partial charge >= 0.3 is 0 Å². The fraction of sp³-hybridized carbons (Fsp3) is 0.778. The van der Waals surface area contributed by atoms with Crippen molar-refractivity contribution in [3.63, 3.8) is 0 Å². The Morgan fingerprint density at radius 1 is 1.60 bits per heavy atom. The zero-order valence-electron chi connectivity index (χ0n) is 9.24. The van der Waals surface area contributed by atoms with E-state index in [9.17, 15) is 20.1 Å². The maximum Gasteiger partial charge on any atom is 0.244 e. The molecule has 3 atom stereocenters. The van der Waals surface area contributed by atoms with Crippen LogP contribution in [0.25, 0.3) is 0 Å². The van der Waals surface area contributed by atoms with Crippen molar-refractivity contribution in [2.24, 2.45) is 0 Å². The van der Waals surface area contributed by atoms with Crippen LogP contribution in [0, 0.1) is 0 Å². The van der Waals surface area contributed by atoms with E-state index in [1.807, 2.05) is 0 Å². The number of nitrogens with one attached hydrogen (secondary N) is 1. The number of carboxylic acids is 1. The summed E-state index contributed by atoms with van der Waals surface area (Å²) in [5.74, 6) is -1.00. The van der Waals surface area contributed by atoms with Crippen molar-refractivity contribution < 1.29 is 24.7 Å². The Balaban J connectivity index is 3.29. The van der Waals surface area contributed by atoms with Gasteiger partial charge in [0, 0.05) is 13.8 Å². The molecule has 3 unspecified atom stereocenters. The quantitative estimate of drug-likeness (QED) is 0.412. The van der Waals surface area contributed by atoms with Gasteiger partial charge in [-0.25, -0.2) is 4.58 Å². The van der Waals surface area contributed by atoms with Crippen LogP contribution < -0.4 is 10.4 Å². The number of likely N-dealkylation sites (N-methyl/N-ethyl adjacent to an activating group) is 1. The average Bonchev–Trinajstić information content (AvgIpc) is 2.12. The minimum atomic E-state index is -1.69. The summed E-state index contributed by atoms with van der Waals surface area (Å²) < 4.78 is 1.38. The van der Waals surface area contributed by atoms with Crippen LogP contribution in [0.15, 0.2) is 0 Å². The lowest BCUT2D eigenvalue weighted by molar-refractivity contribution is -0.654. The molecule has 0 aliphatic carbocycles. The summed E-state index contributed by atoms with van der Waals surface area (Å²) >= 11 is 0. The third-order valence-electron chi connectivity index (χ3n) is 3.11. The second-order valence-corrected chi connectivity index (χ2v) is 4.26. The number of aliphatic hydroxyl groups excluding tert-OH is 1. The largest absolute Gasteiger partial charge is 0.545 e. The zero-order valence-corrected chi connectivity index (χ0v) is 9.24. The van der Waals surface area contributed by atoms with Gasteiger partial charge in [-0.05, 0) is 6.92 Å². The van der Waals surface area contributed by atoms with Crippen LogP contribution in [0.1, 0.15) is 20.8 Å². The first-order valence-electron chi connectivity index (χ1n) is 4.61. The molecule has 0 bridgehead atoms. The van der Waals surface area contributed by atoms with E-state index >= 15 is 0 Å². The minimum Gasteiger partial charge on any atom is -0.545 e. The maximum absolute atomic E-state index is 10.9. The number of rotatable bonds is 1. The molecule has 0 radical (unpaired) electrons. The Kier molecular flexibility index (Phi) is 2.53. The first kappa shape index (κ1) is 11.9. The summed E-state index contributed by atoms with van der Waals surface area (Å²) in [5.41, 5.74) is -3.34. The molecule has 1 heterocycles. The van der Waals surface area contributed by atoms with Crippen molar-refractivity contribution in [2.75, 3.05) is 7.05 Å². The molecule has 0 saturated carbocycles. The number of nitrogens with zero attached hydrogens (tertiary/aromatic N) is 1. The Morgan fingerprint density at radius 3 is 2.47 bits per heavy atom. The number of aliphatic carboxylic acids is 1. The summed E-state index contributed by atoms with van der Waals surface area (Å²) in [4.78, 5) is 10.9. The highest BCUT2D eigenvalue weighted by atomic mass is 16.4. The fourth-order valence-electron chi connectivity index (χ4n) is 1.76. The Morgan fingerprint density at radius 2 is 2.07 bits per heavy atom. The van der Waals surface area contributed by atoms with Crippen molar-refractivity contribution in [2.45, 2.75) is 38.1 Å². The lowest BCUT2D eigenvalue weighted by Crippen LogP contribution is -2.76. The number of amidine groups is 1. The van der Waals surface area contributed by atoms with E-state index in [0.29, 0.717) is 5.84 Å². The molecule has 6 nitrogen and oxygen atoms in total. The van der Waals surface area contributed by atoms with Gasteiger partial charge in [-0.3, -0.25) is 5.32 Å². The number of hydrogen-bond donors (Lipinski definition) is 3. The third kappa shape index (κ3) is 1.49. The maximum atomic E-state index is 10.9. The van der Waals surface area contributed by atoms with Gasteiger partial charge in [0.2, 0.25) is 11.6 Å². The van der Waals surface area contributed by atoms with Crippen molar-refractivity contribution in [3.8, 4) is 0 Å². The monoisotopic (exact) mass is 216 g/mol. The lowest BCUT2D eigenvalue weighted by atomic mass is 9.85. The van der Waals surface area contributed by atoms with Crippen molar-refractivity contribution >= 4 is 11.8 Å². The van der Waals surface area contributed by atoms with E-state index < -0.39 is 23.3 Å². The van der Waals surface area contributed by atoms with E-state index in [4.69, 9.17) is 0 Å². The summed E-state index contributed by atoms with van der Waals surface area (Å²) in [7, 11) is 1.56. The van der Waals surface area contributed by atoms with Gasteiger partial charge < -0.3 is 20.1 Å². The summed E-state index contributed by atoms with van der Waals surface area (Å²) in [5, 5.41) is 33.4. The molecule has 0 aromatic heterocycles. The molecule has 0 saturated heterocycles. The van der Waals surface area contributed by atoms with Gasteiger partial charge in [-0.1, -0.05) is 0 Å². The van der Waals surface area contributed by atoms with Crippen molar-refractivity contribution in [1.82, 2.24) is 5.32 Å². The molecular weight excluding hydrogens is 200 g/mol. The van der Waals surface area contributed by atoms with E-state index in [0.717, 1.165) is 0 Å². The highest BCUT2D eigenvalue weighted by Gasteiger charge is 2.56. The van der Waals surface area contributed by atoms with Crippen LogP contribution in [-0.2, 0) is 4.79 Å². The molecule has 1 aliphatic rings. The average molecular weight is 216 g/mol. The van der Waals surface area contributed by atoms with Crippen molar-refractivity contribution in [3.05, 3.63) is 0 Å². The second-order valence-electron chi connectivity index (χ2n) is 4.26. The van der Waals surface area contributed by atoms with Crippen LogP contribution in [0.4, 0.5) is 0 Å². The number of aliphatic hydroxyl groups is 2. The van der Waals surface area contributed by atoms with Crippen LogP contribution in [-0.4, -0.2) is 51.0 Å². The topological polar surface area (TPSA) is 95.6 Å². The molecule has 6 heteroatoms. The molecule has 0 amide bonds. The van der Waals surface area contributed by atoms with Gasteiger partial charge in [-0.15, -0.1) is 0 Å². The Bertz CT molecular complexity index is 337. The highest BCUT2D eigenvalue weighted by molar-refractivity contribution is 5.86. The highest BCUT2D eigenvalue weighted by Crippen LogP contribution is 2.25. The first-order valence-corrected chi connectivity index (χ1v) is 4.61. The first-order chi connectivity index (χ1) is 6.64. The fourth-order valence-corrected chi connectivity index (χ4v) is 1.76. The smallest absolute Gasteiger partial charge is 0.244 e. The van der Waals surface area contributed by atoms with Gasteiger partial charge in [0.15, 0.2) is 11.6 Å². The van der Waals surface area contributed by atoms with Crippen LogP contribution >= 0.6 is 0 Å². The van der Waals surface area contributed by atoms with Crippen LogP contribution in [0.2, 0.25) is 0 Å². The number of carboxylic acid groups (broad SMARTS) is 1. The third-order valence-corrected chi connectivity index (χ3v) is 3.11. The molecule has 0 aromatic carbocycles. The molecule has 3 N–H and O–H groups in total. The lowest BCUT2D eigenvalue weighted by Gasteiger charge is -2.43. The molecule has 0 fully saturated rings. The molecule has 86 valence electrons. The molecule has 0 aromatic rings. The van der Waals surface area contributed by atoms with Crippen LogP contribution in [0.5, 0.6) is 0 Å². The zero-order chi connectivity index (χ0) is 12.0. The van der Waals surface area contributed by atoms with Gasteiger partial charge in [0.25, 0.3) is 0 Å². The molecule has 15 heavy (non-hydrogen) atoms.